The molecule has 0 N–H and O–H groups in total. The number of para-hydroxylation sites is 2. The molecular weight excluding hydrogens is 418 g/mol. The van der Waals surface area contributed by atoms with Gasteiger partial charge >= 0.3 is 5.69 Å². The van der Waals surface area contributed by atoms with E-state index in [2.05, 4.69) is 0 Å². The lowest BCUT2D eigenvalue weighted by Crippen LogP contribution is -2.36. The number of hydrogen-bond acceptors (Lipinski definition) is 6. The number of hydrogen-bond donors (Lipinski definition) is 0. The molecule has 0 amide bonds. The first-order valence-corrected chi connectivity index (χ1v) is 9.43. The van der Waals surface area contributed by atoms with Crippen molar-refractivity contribution in [1.82, 2.24) is 13.7 Å². The fourth-order valence-corrected chi connectivity index (χ4v) is 3.79. The predicted octanol–water partition coefficient (Wildman–Crippen LogP) is 2.82. The molecule has 2 aromatic heterocycles. The Kier molecular flexibility index (Phi) is 4.73. The average Bonchev–Trinajstić information content (AvgIpc) is 3.17. The first-order valence-electron chi connectivity index (χ1n) is 9.43. The topological polar surface area (TPSA) is 135 Å². The summed E-state index contributed by atoms with van der Waals surface area (Å²) >= 11 is 0. The average molecular weight is 435 g/mol. The molecule has 0 aliphatic heterocycles. The van der Waals surface area contributed by atoms with Gasteiger partial charge in [0.15, 0.2) is 0 Å². The number of rotatable bonds is 4. The van der Waals surface area contributed by atoms with Gasteiger partial charge < -0.3 is 4.57 Å². The number of benzene rings is 2. The van der Waals surface area contributed by atoms with Gasteiger partial charge in [-0.3, -0.25) is 34.2 Å². The zero-order valence-corrected chi connectivity index (χ0v) is 17.3. The zero-order chi connectivity index (χ0) is 23.3. The van der Waals surface area contributed by atoms with Crippen LogP contribution in [0.4, 0.5) is 11.4 Å². The van der Waals surface area contributed by atoms with Crippen LogP contribution in [0.1, 0.15) is 5.56 Å². The Morgan fingerprint density at radius 3 is 2.19 bits per heavy atom. The number of nitro benzene ring substituents is 2. The molecule has 0 atom stereocenters. The van der Waals surface area contributed by atoms with Gasteiger partial charge in [-0.15, -0.1) is 0 Å². The van der Waals surface area contributed by atoms with Crippen molar-refractivity contribution in [2.75, 3.05) is 0 Å². The van der Waals surface area contributed by atoms with E-state index >= 15 is 0 Å². The maximum atomic E-state index is 13.1. The van der Waals surface area contributed by atoms with Gasteiger partial charge in [0.1, 0.15) is 5.69 Å². The third-order valence-electron chi connectivity index (χ3n) is 5.46. The van der Waals surface area contributed by atoms with Crippen LogP contribution in [0.3, 0.4) is 0 Å². The lowest BCUT2D eigenvalue weighted by Gasteiger charge is -2.11. The molecule has 0 saturated heterocycles. The molecule has 2 aromatic carbocycles. The molecule has 4 rings (SSSR count). The van der Waals surface area contributed by atoms with E-state index in [-0.39, 0.29) is 33.7 Å². The van der Waals surface area contributed by atoms with E-state index in [9.17, 15) is 29.8 Å². The van der Waals surface area contributed by atoms with Crippen molar-refractivity contribution in [3.63, 3.8) is 0 Å². The Balaban J connectivity index is 2.24. The Hall–Kier alpha value is -4.54. The van der Waals surface area contributed by atoms with Gasteiger partial charge in [-0.1, -0.05) is 24.3 Å². The van der Waals surface area contributed by atoms with Gasteiger partial charge in [-0.05, 0) is 13.0 Å². The Morgan fingerprint density at radius 1 is 0.875 bits per heavy atom. The van der Waals surface area contributed by atoms with Gasteiger partial charge in [0.2, 0.25) is 0 Å². The number of nitro groups is 2. The summed E-state index contributed by atoms with van der Waals surface area (Å²) in [4.78, 5) is 47.7. The van der Waals surface area contributed by atoms with Crippen LogP contribution >= 0.6 is 0 Å². The molecule has 0 aliphatic rings. The van der Waals surface area contributed by atoms with Crippen molar-refractivity contribution in [2.45, 2.75) is 6.92 Å². The smallest absolute Gasteiger partial charge is 0.308 e. The molecular formula is C21H17N5O6. The highest BCUT2D eigenvalue weighted by molar-refractivity contribution is 5.95. The molecule has 11 heteroatoms. The van der Waals surface area contributed by atoms with E-state index in [0.717, 1.165) is 4.57 Å². The highest BCUT2D eigenvalue weighted by atomic mass is 16.6. The molecule has 4 aromatic rings. The minimum absolute atomic E-state index is 0.117. The second-order valence-corrected chi connectivity index (χ2v) is 7.32. The molecule has 2 heterocycles. The van der Waals surface area contributed by atoms with Gasteiger partial charge in [-0.25, -0.2) is 4.79 Å². The van der Waals surface area contributed by atoms with E-state index < -0.39 is 21.1 Å². The van der Waals surface area contributed by atoms with E-state index in [4.69, 9.17) is 0 Å². The molecule has 162 valence electrons. The summed E-state index contributed by atoms with van der Waals surface area (Å²) in [6.45, 7) is 1.59. The normalized spacial score (nSPS) is 11.1. The summed E-state index contributed by atoms with van der Waals surface area (Å²) in [6.07, 6.45) is 1.46. The van der Waals surface area contributed by atoms with Crippen molar-refractivity contribution >= 4 is 22.3 Å². The quantitative estimate of drug-likeness (QED) is 0.357. The molecule has 0 aliphatic carbocycles. The fourth-order valence-electron chi connectivity index (χ4n) is 3.79. The van der Waals surface area contributed by atoms with E-state index in [1.165, 1.54) is 53.7 Å². The lowest BCUT2D eigenvalue weighted by atomic mass is 10.1. The SMILES string of the molecule is Cc1ccc(-c2c3c(=O)n(C)c(=O)n(C)c3cn2-c2ccccc2[N+](=O)[O-])cc1[N+](=O)[O-]. The second-order valence-electron chi connectivity index (χ2n) is 7.32. The molecule has 0 bridgehead atoms. The first-order chi connectivity index (χ1) is 15.1. The van der Waals surface area contributed by atoms with Crippen molar-refractivity contribution in [3.05, 3.63) is 95.3 Å². The second kappa shape index (κ2) is 7.30. The van der Waals surface area contributed by atoms with Crippen LogP contribution in [0.25, 0.3) is 27.8 Å². The first kappa shape index (κ1) is 20.7. The molecule has 0 radical (unpaired) electrons. The monoisotopic (exact) mass is 435 g/mol. The molecule has 0 fully saturated rings. The summed E-state index contributed by atoms with van der Waals surface area (Å²) in [5.74, 6) is 0. The van der Waals surface area contributed by atoms with Gasteiger partial charge in [0.25, 0.3) is 16.9 Å². The standard InChI is InChI=1S/C21H17N5O6/c1-12-8-9-13(10-16(12)26(31)32)19-18-17(22(2)21(28)23(3)20(18)27)11-24(19)14-6-4-5-7-15(14)25(29)30/h4-11H,1-3H3. The van der Waals surface area contributed by atoms with Gasteiger partial charge in [-0.2, -0.15) is 0 Å². The minimum Gasteiger partial charge on any atom is -0.308 e. The van der Waals surface area contributed by atoms with Crippen LogP contribution in [0, 0.1) is 27.2 Å². The number of fused-ring (bicyclic) bond motifs is 1. The summed E-state index contributed by atoms with van der Waals surface area (Å²) in [5.41, 5.74) is -0.213. The highest BCUT2D eigenvalue weighted by Crippen LogP contribution is 2.36. The van der Waals surface area contributed by atoms with E-state index in [0.29, 0.717) is 11.1 Å². The number of aryl methyl sites for hydroxylation is 2. The van der Waals surface area contributed by atoms with Crippen molar-refractivity contribution in [2.24, 2.45) is 14.1 Å². The largest absolute Gasteiger partial charge is 0.330 e. The van der Waals surface area contributed by atoms with Crippen LogP contribution in [-0.2, 0) is 14.1 Å². The van der Waals surface area contributed by atoms with Crippen LogP contribution in [0.15, 0.2) is 58.3 Å². The minimum atomic E-state index is -0.612. The van der Waals surface area contributed by atoms with E-state index in [1.807, 2.05) is 0 Å². The fraction of sp³-hybridized carbons (Fsp3) is 0.143. The molecule has 0 spiro atoms. The highest BCUT2D eigenvalue weighted by Gasteiger charge is 2.25. The van der Waals surface area contributed by atoms with Crippen molar-refractivity contribution in [3.8, 4) is 16.9 Å². The summed E-state index contributed by atoms with van der Waals surface area (Å²) < 4.78 is 3.62. The predicted molar refractivity (Wildman–Crippen MR) is 117 cm³/mol. The molecule has 32 heavy (non-hydrogen) atoms. The number of aromatic nitrogens is 3. The molecule has 0 saturated carbocycles. The molecule has 11 nitrogen and oxygen atoms in total. The van der Waals surface area contributed by atoms with Crippen LogP contribution in [-0.4, -0.2) is 23.5 Å². The maximum Gasteiger partial charge on any atom is 0.330 e. The van der Waals surface area contributed by atoms with Crippen molar-refractivity contribution in [1.29, 1.82) is 0 Å². The van der Waals surface area contributed by atoms with Crippen LogP contribution in [0.2, 0.25) is 0 Å². The third kappa shape index (κ3) is 2.98. The van der Waals surface area contributed by atoms with Crippen LogP contribution < -0.4 is 11.2 Å². The number of nitrogens with zero attached hydrogens (tertiary/aromatic N) is 5. The lowest BCUT2D eigenvalue weighted by molar-refractivity contribution is -0.385. The van der Waals surface area contributed by atoms with Gasteiger partial charge in [0, 0.05) is 43.6 Å². The third-order valence-corrected chi connectivity index (χ3v) is 5.46. The molecule has 0 unspecified atom stereocenters. The summed E-state index contributed by atoms with van der Waals surface area (Å²) in [5, 5.41) is 23.3. The van der Waals surface area contributed by atoms with Crippen molar-refractivity contribution < 1.29 is 9.85 Å². The summed E-state index contributed by atoms with van der Waals surface area (Å²) in [6, 6.07) is 10.4. The van der Waals surface area contributed by atoms with Crippen LogP contribution in [0.5, 0.6) is 0 Å². The Labute approximate surface area is 179 Å². The Bertz CT molecular complexity index is 1560. The summed E-state index contributed by atoms with van der Waals surface area (Å²) in [7, 11) is 2.81. The maximum absolute atomic E-state index is 13.1. The Morgan fingerprint density at radius 2 is 1.53 bits per heavy atom. The zero-order valence-electron chi connectivity index (χ0n) is 17.3. The van der Waals surface area contributed by atoms with E-state index in [1.54, 1.807) is 25.1 Å². The van der Waals surface area contributed by atoms with Gasteiger partial charge in [0.05, 0.1) is 26.4 Å².